The zero-order chi connectivity index (χ0) is 13.8. The van der Waals surface area contributed by atoms with E-state index in [0.717, 1.165) is 37.2 Å². The van der Waals surface area contributed by atoms with Gasteiger partial charge < -0.3 is 15.6 Å². The van der Waals surface area contributed by atoms with Crippen molar-refractivity contribution >= 4 is 11.6 Å². The number of benzene rings is 1. The number of likely N-dealkylation sites (tertiary alicyclic amines) is 1. The lowest BCUT2D eigenvalue weighted by Gasteiger charge is -2.30. The normalized spacial score (nSPS) is 20.1. The first-order valence-electron chi connectivity index (χ1n) is 6.67. The molecule has 0 radical (unpaired) electrons. The van der Waals surface area contributed by atoms with Crippen molar-refractivity contribution in [1.82, 2.24) is 10.2 Å². The Balaban J connectivity index is 2.03. The summed E-state index contributed by atoms with van der Waals surface area (Å²) in [5.74, 6) is 5.35. The van der Waals surface area contributed by atoms with Crippen molar-refractivity contribution in [3.05, 3.63) is 29.3 Å². The van der Waals surface area contributed by atoms with Gasteiger partial charge in [-0.25, -0.2) is 0 Å². The number of nitrogens with zero attached hydrogens (tertiary/aromatic N) is 1. The first-order chi connectivity index (χ1) is 9.10. The third-order valence-electron chi connectivity index (χ3n) is 3.60. The molecule has 5 heteroatoms. The van der Waals surface area contributed by atoms with E-state index < -0.39 is 0 Å². The smallest absolute Gasteiger partial charge is 0.251 e. The summed E-state index contributed by atoms with van der Waals surface area (Å²) in [4.78, 5) is 14.5. The number of aryl methyl sites for hydroxylation is 1. The summed E-state index contributed by atoms with van der Waals surface area (Å²) in [5, 5.41) is 3.11. The minimum atomic E-state index is 0.00127. The molecule has 0 aromatic heterocycles. The molecule has 1 atom stereocenters. The number of nitrogens with two attached hydrogens (primary N) is 1. The van der Waals surface area contributed by atoms with Gasteiger partial charge in [-0.1, -0.05) is 0 Å². The molecule has 1 saturated heterocycles. The topological polar surface area (TPSA) is 70.4 Å². The number of likely N-dealkylation sites (N-methyl/N-ethyl adjacent to an activating group) is 1. The lowest BCUT2D eigenvalue weighted by molar-refractivity contribution is 0.0912. The van der Waals surface area contributed by atoms with Crippen molar-refractivity contribution in [1.29, 1.82) is 0 Å². The van der Waals surface area contributed by atoms with Crippen LogP contribution in [-0.4, -0.2) is 37.0 Å². The van der Waals surface area contributed by atoms with Crippen molar-refractivity contribution in [3.63, 3.8) is 0 Å². The SMILES string of the molecule is Cc1cc(NN)ccc1C(=O)NC1CCCN(C)C1. The molecule has 1 amide bonds. The van der Waals surface area contributed by atoms with Gasteiger partial charge in [0.25, 0.3) is 5.91 Å². The number of rotatable bonds is 3. The van der Waals surface area contributed by atoms with Crippen LogP contribution in [0.25, 0.3) is 0 Å². The van der Waals surface area contributed by atoms with Crippen LogP contribution in [0.4, 0.5) is 5.69 Å². The Morgan fingerprint density at radius 3 is 2.89 bits per heavy atom. The zero-order valence-electron chi connectivity index (χ0n) is 11.6. The van der Waals surface area contributed by atoms with Crippen molar-refractivity contribution in [2.75, 3.05) is 25.6 Å². The number of piperidine rings is 1. The highest BCUT2D eigenvalue weighted by Gasteiger charge is 2.20. The van der Waals surface area contributed by atoms with Gasteiger partial charge >= 0.3 is 0 Å². The highest BCUT2D eigenvalue weighted by Crippen LogP contribution is 2.15. The first-order valence-corrected chi connectivity index (χ1v) is 6.67. The van der Waals surface area contributed by atoms with E-state index in [1.54, 1.807) is 0 Å². The van der Waals surface area contributed by atoms with Gasteiger partial charge in [-0.3, -0.25) is 10.6 Å². The molecule has 1 aliphatic rings. The Morgan fingerprint density at radius 2 is 2.26 bits per heavy atom. The van der Waals surface area contributed by atoms with Crippen LogP contribution in [0.1, 0.15) is 28.8 Å². The summed E-state index contributed by atoms with van der Waals surface area (Å²) in [6.07, 6.45) is 2.19. The van der Waals surface area contributed by atoms with E-state index in [1.165, 1.54) is 0 Å². The van der Waals surface area contributed by atoms with Crippen LogP contribution >= 0.6 is 0 Å². The molecule has 104 valence electrons. The molecule has 1 aromatic rings. The van der Waals surface area contributed by atoms with Crippen LogP contribution in [0.15, 0.2) is 18.2 Å². The Bertz CT molecular complexity index is 461. The monoisotopic (exact) mass is 262 g/mol. The molecule has 19 heavy (non-hydrogen) atoms. The first kappa shape index (κ1) is 13.8. The zero-order valence-corrected chi connectivity index (χ0v) is 11.6. The maximum atomic E-state index is 12.3. The molecule has 4 N–H and O–H groups in total. The molecule has 2 rings (SSSR count). The van der Waals surface area contributed by atoms with Gasteiger partial charge in [0.1, 0.15) is 0 Å². The molecule has 5 nitrogen and oxygen atoms in total. The molecule has 1 aliphatic heterocycles. The predicted octanol–water partition coefficient (Wildman–Crippen LogP) is 1.10. The van der Waals surface area contributed by atoms with Crippen LogP contribution in [0, 0.1) is 6.92 Å². The van der Waals surface area contributed by atoms with Gasteiger partial charge in [0, 0.05) is 23.8 Å². The highest BCUT2D eigenvalue weighted by molar-refractivity contribution is 5.96. The molecule has 1 aromatic carbocycles. The summed E-state index contributed by atoms with van der Waals surface area (Å²) in [5.41, 5.74) is 5.04. The van der Waals surface area contributed by atoms with Crippen LogP contribution in [0.3, 0.4) is 0 Å². The number of carbonyl (C=O) groups excluding carboxylic acids is 1. The number of nitrogen functional groups attached to an aromatic ring is 1. The predicted molar refractivity (Wildman–Crippen MR) is 77.0 cm³/mol. The van der Waals surface area contributed by atoms with Gasteiger partial charge in [-0.05, 0) is 57.1 Å². The Hall–Kier alpha value is -1.59. The summed E-state index contributed by atoms with van der Waals surface area (Å²) in [7, 11) is 2.09. The van der Waals surface area contributed by atoms with Crippen molar-refractivity contribution < 1.29 is 4.79 Å². The van der Waals surface area contributed by atoms with Crippen molar-refractivity contribution in [2.24, 2.45) is 5.84 Å². The maximum absolute atomic E-state index is 12.3. The summed E-state index contributed by atoms with van der Waals surface area (Å²) >= 11 is 0. The van der Waals surface area contributed by atoms with E-state index in [0.29, 0.717) is 5.56 Å². The lowest BCUT2D eigenvalue weighted by Crippen LogP contribution is -2.46. The molecule has 1 unspecified atom stereocenters. The minimum absolute atomic E-state index is 0.00127. The highest BCUT2D eigenvalue weighted by atomic mass is 16.1. The second-order valence-corrected chi connectivity index (χ2v) is 5.25. The van der Waals surface area contributed by atoms with Crippen LogP contribution in [0.5, 0.6) is 0 Å². The van der Waals surface area contributed by atoms with Crippen molar-refractivity contribution in [3.8, 4) is 0 Å². The van der Waals surface area contributed by atoms with E-state index in [9.17, 15) is 4.79 Å². The number of hydrogen-bond donors (Lipinski definition) is 3. The molecular weight excluding hydrogens is 240 g/mol. The maximum Gasteiger partial charge on any atom is 0.251 e. The average Bonchev–Trinajstić information content (AvgIpc) is 2.38. The number of carbonyl (C=O) groups is 1. The Kier molecular flexibility index (Phi) is 4.39. The Labute approximate surface area is 114 Å². The van der Waals surface area contributed by atoms with E-state index >= 15 is 0 Å². The molecule has 1 heterocycles. The van der Waals surface area contributed by atoms with E-state index in [1.807, 2.05) is 25.1 Å². The van der Waals surface area contributed by atoms with Crippen LogP contribution in [-0.2, 0) is 0 Å². The second kappa shape index (κ2) is 6.04. The summed E-state index contributed by atoms with van der Waals surface area (Å²) in [6.45, 7) is 3.96. The van der Waals surface area contributed by atoms with Gasteiger partial charge in [0.05, 0.1) is 0 Å². The standard InChI is InChI=1S/C14H22N4O/c1-10-8-11(17-15)5-6-13(10)14(19)16-12-4-3-7-18(2)9-12/h5-6,8,12,17H,3-4,7,9,15H2,1-2H3,(H,16,19). The van der Waals surface area contributed by atoms with Crippen LogP contribution < -0.4 is 16.6 Å². The number of nitrogens with one attached hydrogen (secondary N) is 2. The number of hydrogen-bond acceptors (Lipinski definition) is 4. The molecule has 0 aliphatic carbocycles. The summed E-state index contributed by atoms with van der Waals surface area (Å²) in [6, 6.07) is 5.75. The fraction of sp³-hybridized carbons (Fsp3) is 0.500. The lowest BCUT2D eigenvalue weighted by atomic mass is 10.0. The molecule has 0 spiro atoms. The van der Waals surface area contributed by atoms with Gasteiger partial charge in [-0.15, -0.1) is 0 Å². The average molecular weight is 262 g/mol. The van der Waals surface area contributed by atoms with Gasteiger partial charge in [-0.2, -0.15) is 0 Å². The quantitative estimate of drug-likeness (QED) is 0.563. The summed E-state index contributed by atoms with van der Waals surface area (Å²) < 4.78 is 0. The molecular formula is C14H22N4O. The molecule has 0 saturated carbocycles. The largest absolute Gasteiger partial charge is 0.348 e. The number of amides is 1. The van der Waals surface area contributed by atoms with Gasteiger partial charge in [0.15, 0.2) is 0 Å². The fourth-order valence-electron chi connectivity index (χ4n) is 2.56. The molecule has 1 fully saturated rings. The molecule has 0 bridgehead atoms. The van der Waals surface area contributed by atoms with Crippen molar-refractivity contribution in [2.45, 2.75) is 25.8 Å². The van der Waals surface area contributed by atoms with E-state index in [4.69, 9.17) is 5.84 Å². The third kappa shape index (κ3) is 3.45. The minimum Gasteiger partial charge on any atom is -0.348 e. The van der Waals surface area contributed by atoms with Gasteiger partial charge in [0.2, 0.25) is 0 Å². The Morgan fingerprint density at radius 1 is 1.47 bits per heavy atom. The van der Waals surface area contributed by atoms with Crippen LogP contribution in [0.2, 0.25) is 0 Å². The van der Waals surface area contributed by atoms with E-state index in [2.05, 4.69) is 22.7 Å². The number of hydrazine groups is 1. The number of anilines is 1. The third-order valence-corrected chi connectivity index (χ3v) is 3.60. The second-order valence-electron chi connectivity index (χ2n) is 5.25. The fourth-order valence-corrected chi connectivity index (χ4v) is 2.56. The van der Waals surface area contributed by atoms with E-state index in [-0.39, 0.29) is 11.9 Å².